The van der Waals surface area contributed by atoms with Crippen molar-refractivity contribution in [2.24, 2.45) is 0 Å². The highest BCUT2D eigenvalue weighted by Crippen LogP contribution is 2.14. The van der Waals surface area contributed by atoms with Gasteiger partial charge in [-0.3, -0.25) is 14.4 Å². The first kappa shape index (κ1) is 57.4. The molecule has 6 heteroatoms. The third-order valence-corrected chi connectivity index (χ3v) is 11.1. The van der Waals surface area contributed by atoms with E-state index in [1.807, 2.05) is 0 Å². The Balaban J connectivity index is 4.39. The van der Waals surface area contributed by atoms with E-state index in [0.29, 0.717) is 19.3 Å². The minimum absolute atomic E-state index is 0.0843. The fourth-order valence-corrected chi connectivity index (χ4v) is 7.11. The molecule has 0 saturated heterocycles. The molecule has 0 fully saturated rings. The van der Waals surface area contributed by atoms with Gasteiger partial charge in [-0.15, -0.1) is 0 Å². The van der Waals surface area contributed by atoms with Crippen LogP contribution in [0.25, 0.3) is 0 Å². The van der Waals surface area contributed by atoms with Crippen LogP contribution >= 0.6 is 0 Å². The monoisotopic (exact) mass is 841 g/mol. The van der Waals surface area contributed by atoms with E-state index in [1.54, 1.807) is 0 Å². The summed E-state index contributed by atoms with van der Waals surface area (Å²) in [4.78, 5) is 37.9. The van der Waals surface area contributed by atoms with Crippen LogP contribution in [0.15, 0.2) is 48.6 Å². The maximum Gasteiger partial charge on any atom is 0.306 e. The van der Waals surface area contributed by atoms with Gasteiger partial charge in [-0.05, 0) is 89.9 Å². The summed E-state index contributed by atoms with van der Waals surface area (Å²) in [6.45, 7) is 6.55. The maximum atomic E-state index is 12.8. The molecule has 1 unspecified atom stereocenters. The number of carbonyl (C=O) groups is 3. The average Bonchev–Trinajstić information content (AvgIpc) is 3.24. The SMILES string of the molecule is CCCC/C=C\CCCCCCCC(=O)OCC(COC(=O)CCCCCCC/C=C\CCCCCCCCC)OC(=O)CCCCCCCC/C=C\C=C/CCCCC. The minimum atomic E-state index is -0.783. The quantitative estimate of drug-likeness (QED) is 0.0200. The van der Waals surface area contributed by atoms with Gasteiger partial charge in [0, 0.05) is 19.3 Å². The van der Waals surface area contributed by atoms with Gasteiger partial charge in [0.2, 0.25) is 0 Å². The number of hydrogen-bond acceptors (Lipinski definition) is 6. The number of carbonyl (C=O) groups excluding carboxylic acids is 3. The summed E-state index contributed by atoms with van der Waals surface area (Å²) in [7, 11) is 0. The molecule has 60 heavy (non-hydrogen) atoms. The second-order valence-corrected chi connectivity index (χ2v) is 17.1. The molecule has 0 aliphatic heterocycles. The smallest absolute Gasteiger partial charge is 0.306 e. The van der Waals surface area contributed by atoms with Crippen LogP contribution in [0.1, 0.15) is 258 Å². The maximum absolute atomic E-state index is 12.8. The van der Waals surface area contributed by atoms with E-state index in [1.165, 1.54) is 135 Å². The third kappa shape index (κ3) is 46.4. The van der Waals surface area contributed by atoms with Gasteiger partial charge in [0.05, 0.1) is 0 Å². The van der Waals surface area contributed by atoms with Crippen LogP contribution in [0, 0.1) is 0 Å². The Kier molecular flexibility index (Phi) is 46.9. The Morgan fingerprint density at radius 2 is 0.617 bits per heavy atom. The van der Waals surface area contributed by atoms with Crippen LogP contribution in [-0.4, -0.2) is 37.2 Å². The van der Waals surface area contributed by atoms with Gasteiger partial charge in [-0.2, -0.15) is 0 Å². The second-order valence-electron chi connectivity index (χ2n) is 17.1. The number of unbranched alkanes of at least 4 members (excludes halogenated alkanes) is 28. The lowest BCUT2D eigenvalue weighted by atomic mass is 10.1. The summed E-state index contributed by atoms with van der Waals surface area (Å²) in [5.74, 6) is -0.909. The first-order valence-electron chi connectivity index (χ1n) is 25.7. The van der Waals surface area contributed by atoms with Gasteiger partial charge in [-0.25, -0.2) is 0 Å². The van der Waals surface area contributed by atoms with Crippen LogP contribution in [0.3, 0.4) is 0 Å². The van der Waals surface area contributed by atoms with E-state index >= 15 is 0 Å². The zero-order chi connectivity index (χ0) is 43.7. The average molecular weight is 841 g/mol. The Morgan fingerprint density at radius 1 is 0.333 bits per heavy atom. The molecule has 0 radical (unpaired) electrons. The standard InChI is InChI=1S/C54H96O6/c1-4-7-10-13-16-19-22-24-26-28-29-32-35-38-41-44-47-53(56)59-50-51(49-58-52(55)46-43-40-37-34-31-21-18-15-12-9-6-3)60-54(57)48-45-42-39-36-33-30-27-25-23-20-17-14-11-8-5-2/h15,17-18,20,23,25-26,28,51H,4-14,16,19,21-22,24,27,29-50H2,1-3H3/b18-15-,20-17-,25-23-,28-26-. The minimum Gasteiger partial charge on any atom is -0.462 e. The topological polar surface area (TPSA) is 78.9 Å². The van der Waals surface area contributed by atoms with Crippen molar-refractivity contribution >= 4 is 17.9 Å². The Hall–Kier alpha value is -2.63. The second kappa shape index (κ2) is 49.0. The fourth-order valence-electron chi connectivity index (χ4n) is 7.11. The van der Waals surface area contributed by atoms with Crippen LogP contribution in [-0.2, 0) is 28.6 Å². The van der Waals surface area contributed by atoms with E-state index in [-0.39, 0.29) is 31.1 Å². The summed E-state index contributed by atoms with van der Waals surface area (Å²) in [5, 5.41) is 0. The summed E-state index contributed by atoms with van der Waals surface area (Å²) in [5.41, 5.74) is 0. The van der Waals surface area contributed by atoms with Crippen LogP contribution in [0.4, 0.5) is 0 Å². The summed E-state index contributed by atoms with van der Waals surface area (Å²) < 4.78 is 16.8. The molecule has 0 aromatic carbocycles. The van der Waals surface area contributed by atoms with Gasteiger partial charge in [0.25, 0.3) is 0 Å². The van der Waals surface area contributed by atoms with E-state index in [0.717, 1.165) is 83.5 Å². The Morgan fingerprint density at radius 3 is 1.02 bits per heavy atom. The fraction of sp³-hybridized carbons (Fsp3) is 0.796. The molecule has 0 aromatic rings. The van der Waals surface area contributed by atoms with E-state index in [9.17, 15) is 14.4 Å². The molecule has 0 aliphatic carbocycles. The van der Waals surface area contributed by atoms with Crippen LogP contribution < -0.4 is 0 Å². The van der Waals surface area contributed by atoms with Gasteiger partial charge in [-0.1, -0.05) is 198 Å². The summed E-state index contributed by atoms with van der Waals surface area (Å²) >= 11 is 0. The van der Waals surface area contributed by atoms with Crippen molar-refractivity contribution in [2.45, 2.75) is 264 Å². The lowest BCUT2D eigenvalue weighted by molar-refractivity contribution is -0.167. The predicted molar refractivity (Wildman–Crippen MR) is 256 cm³/mol. The van der Waals surface area contributed by atoms with Crippen molar-refractivity contribution in [1.82, 2.24) is 0 Å². The van der Waals surface area contributed by atoms with Crippen LogP contribution in [0.5, 0.6) is 0 Å². The third-order valence-electron chi connectivity index (χ3n) is 11.1. The molecule has 0 saturated carbocycles. The number of ether oxygens (including phenoxy) is 3. The molecule has 0 heterocycles. The number of esters is 3. The number of allylic oxidation sites excluding steroid dienone is 8. The normalized spacial score (nSPS) is 12.4. The highest BCUT2D eigenvalue weighted by molar-refractivity contribution is 5.71. The largest absolute Gasteiger partial charge is 0.462 e. The lowest BCUT2D eigenvalue weighted by Gasteiger charge is -2.18. The summed E-state index contributed by atoms with van der Waals surface area (Å²) in [6.07, 6.45) is 58.0. The molecule has 6 nitrogen and oxygen atoms in total. The zero-order valence-electron chi connectivity index (χ0n) is 39.7. The highest BCUT2D eigenvalue weighted by Gasteiger charge is 2.19. The molecule has 0 amide bonds. The van der Waals surface area contributed by atoms with Crippen molar-refractivity contribution < 1.29 is 28.6 Å². The molecule has 1 atom stereocenters. The van der Waals surface area contributed by atoms with Crippen molar-refractivity contribution in [3.05, 3.63) is 48.6 Å². The molecular formula is C54H96O6. The van der Waals surface area contributed by atoms with Crippen molar-refractivity contribution in [1.29, 1.82) is 0 Å². The van der Waals surface area contributed by atoms with E-state index in [2.05, 4.69) is 69.4 Å². The van der Waals surface area contributed by atoms with Gasteiger partial charge >= 0.3 is 17.9 Å². The van der Waals surface area contributed by atoms with E-state index in [4.69, 9.17) is 14.2 Å². The van der Waals surface area contributed by atoms with Crippen molar-refractivity contribution in [3.63, 3.8) is 0 Å². The van der Waals surface area contributed by atoms with Crippen molar-refractivity contribution in [3.8, 4) is 0 Å². The molecule has 0 rings (SSSR count). The predicted octanol–water partition coefficient (Wildman–Crippen LogP) is 16.7. The first-order chi connectivity index (χ1) is 29.5. The van der Waals surface area contributed by atoms with Gasteiger partial charge in [0.1, 0.15) is 13.2 Å². The first-order valence-corrected chi connectivity index (χ1v) is 25.7. The van der Waals surface area contributed by atoms with Crippen molar-refractivity contribution in [2.75, 3.05) is 13.2 Å². The molecular weight excluding hydrogens is 745 g/mol. The van der Waals surface area contributed by atoms with Crippen LogP contribution in [0.2, 0.25) is 0 Å². The Bertz CT molecular complexity index is 1060. The molecule has 0 spiro atoms. The Labute approximate surface area is 371 Å². The number of hydrogen-bond donors (Lipinski definition) is 0. The number of rotatable bonds is 46. The molecule has 348 valence electrons. The highest BCUT2D eigenvalue weighted by atomic mass is 16.6. The lowest BCUT2D eigenvalue weighted by Crippen LogP contribution is -2.30. The molecule has 0 N–H and O–H groups in total. The van der Waals surface area contributed by atoms with Gasteiger partial charge < -0.3 is 14.2 Å². The zero-order valence-corrected chi connectivity index (χ0v) is 39.7. The van der Waals surface area contributed by atoms with Gasteiger partial charge in [0.15, 0.2) is 6.10 Å². The molecule has 0 bridgehead atoms. The summed E-state index contributed by atoms with van der Waals surface area (Å²) in [6, 6.07) is 0. The molecule has 0 aromatic heterocycles. The van der Waals surface area contributed by atoms with E-state index < -0.39 is 6.10 Å². The molecule has 0 aliphatic rings.